The van der Waals surface area contributed by atoms with E-state index in [0.29, 0.717) is 30.9 Å². The number of pyridine rings is 1. The number of carbonyl (C=O) groups excluding carboxylic acids is 3. The van der Waals surface area contributed by atoms with E-state index in [0.717, 1.165) is 0 Å². The van der Waals surface area contributed by atoms with Crippen LogP contribution in [0.15, 0.2) is 64.5 Å². The quantitative estimate of drug-likeness (QED) is 0.167. The minimum absolute atomic E-state index is 0.0838. The van der Waals surface area contributed by atoms with Crippen molar-refractivity contribution in [3.05, 3.63) is 98.5 Å². The van der Waals surface area contributed by atoms with Crippen LogP contribution in [0.25, 0.3) is 0 Å². The third-order valence-electron chi connectivity index (χ3n) is 10.0. The van der Waals surface area contributed by atoms with Gasteiger partial charge in [-0.2, -0.15) is 0 Å². The van der Waals surface area contributed by atoms with Crippen LogP contribution in [0.5, 0.6) is 17.2 Å². The van der Waals surface area contributed by atoms with Gasteiger partial charge >= 0.3 is 5.97 Å². The standard InChI is InChI=1S/C38H39N3O10/c1-5-6-7-8-9-13-25(42)50-23-12-10-11-20-30(39-14-15-41(3)4)28-32(44)29-27-24(48-18-49-34(27)35(28)51-33(20)23)17-22-31(43)21-16-19(2)40-37(46)26(21)36(45)38(22,29)47/h5-10,12-13,16,20,22-24,33,44,47H,11,14-15,17-18H2,1-4H3,(H,40,46)/b6-5+,8-7+,13-9+,39-30?/t20-,22+,23+,24+,33-,38+/m0/s1. The van der Waals surface area contributed by atoms with Gasteiger partial charge in [-0.1, -0.05) is 36.5 Å². The maximum atomic E-state index is 14.3. The fourth-order valence-electron chi connectivity index (χ4n) is 7.74. The lowest BCUT2D eigenvalue weighted by Gasteiger charge is -2.48. The molecule has 0 unspecified atom stereocenters. The van der Waals surface area contributed by atoms with E-state index in [9.17, 15) is 29.4 Å². The van der Waals surface area contributed by atoms with Gasteiger partial charge in [0.2, 0.25) is 5.78 Å². The van der Waals surface area contributed by atoms with Crippen LogP contribution >= 0.6 is 0 Å². The molecule has 0 fully saturated rings. The Morgan fingerprint density at radius 1 is 1.16 bits per heavy atom. The number of ketones is 2. The van der Waals surface area contributed by atoms with Crippen molar-refractivity contribution in [3.8, 4) is 17.2 Å². The Morgan fingerprint density at radius 3 is 2.71 bits per heavy atom. The summed E-state index contributed by atoms with van der Waals surface area (Å²) < 4.78 is 24.5. The van der Waals surface area contributed by atoms with Crippen LogP contribution < -0.4 is 15.0 Å². The molecular weight excluding hydrogens is 658 g/mol. The lowest BCUT2D eigenvalue weighted by molar-refractivity contribution is -0.146. The second-order valence-electron chi connectivity index (χ2n) is 13.5. The van der Waals surface area contributed by atoms with Gasteiger partial charge in [-0.15, -0.1) is 0 Å². The zero-order valence-corrected chi connectivity index (χ0v) is 28.7. The van der Waals surface area contributed by atoms with Crippen molar-refractivity contribution in [1.82, 2.24) is 9.88 Å². The number of Topliss-reactive ketones (excluding diaryl/α,β-unsaturated/α-hetero) is 2. The number of aliphatic imine (C=N–C) groups is 1. The number of ether oxygens (including phenoxy) is 4. The number of phenols is 1. The highest BCUT2D eigenvalue weighted by Gasteiger charge is 2.63. The summed E-state index contributed by atoms with van der Waals surface area (Å²) in [6.07, 6.45) is 11.4. The first-order valence-electron chi connectivity index (χ1n) is 16.9. The lowest BCUT2D eigenvalue weighted by Crippen LogP contribution is -2.56. The van der Waals surface area contributed by atoms with Crippen LogP contribution in [0.1, 0.15) is 69.0 Å². The number of aliphatic hydroxyl groups is 1. The predicted molar refractivity (Wildman–Crippen MR) is 184 cm³/mol. The summed E-state index contributed by atoms with van der Waals surface area (Å²) in [5.41, 5.74) is -3.24. The van der Waals surface area contributed by atoms with Gasteiger partial charge in [0, 0.05) is 40.9 Å². The van der Waals surface area contributed by atoms with Crippen molar-refractivity contribution < 1.29 is 43.5 Å². The van der Waals surface area contributed by atoms with Gasteiger partial charge in [-0.05, 0) is 52.9 Å². The molecule has 3 aliphatic carbocycles. The molecule has 51 heavy (non-hydrogen) atoms. The van der Waals surface area contributed by atoms with Crippen molar-refractivity contribution in [1.29, 1.82) is 0 Å². The Balaban J connectivity index is 1.39. The Labute approximate surface area is 293 Å². The largest absolute Gasteiger partial charge is 0.507 e. The van der Waals surface area contributed by atoms with Crippen LogP contribution in [0.4, 0.5) is 0 Å². The highest BCUT2D eigenvalue weighted by molar-refractivity contribution is 6.20. The maximum Gasteiger partial charge on any atom is 0.331 e. The number of allylic oxidation sites excluding steroid dienone is 6. The molecule has 1 aromatic carbocycles. The molecule has 0 saturated heterocycles. The van der Waals surface area contributed by atoms with Gasteiger partial charge in [0.05, 0.1) is 35.4 Å². The van der Waals surface area contributed by atoms with E-state index in [1.54, 1.807) is 31.2 Å². The fraction of sp³-hybridized carbons (Fsp3) is 0.395. The lowest BCUT2D eigenvalue weighted by atomic mass is 9.60. The molecule has 0 radical (unpaired) electrons. The van der Waals surface area contributed by atoms with Crippen LogP contribution in [0.3, 0.4) is 0 Å². The van der Waals surface area contributed by atoms with E-state index >= 15 is 0 Å². The highest BCUT2D eigenvalue weighted by Crippen LogP contribution is 2.62. The molecule has 266 valence electrons. The molecule has 1 aromatic heterocycles. The van der Waals surface area contributed by atoms with Gasteiger partial charge in [0.1, 0.15) is 11.9 Å². The molecule has 0 bridgehead atoms. The van der Waals surface area contributed by atoms with Gasteiger partial charge in [0.15, 0.2) is 35.8 Å². The second-order valence-corrected chi connectivity index (χ2v) is 13.5. The minimum Gasteiger partial charge on any atom is -0.507 e. The summed E-state index contributed by atoms with van der Waals surface area (Å²) in [7, 11) is 3.80. The number of aromatic nitrogens is 1. The smallest absolute Gasteiger partial charge is 0.331 e. The van der Waals surface area contributed by atoms with Crippen molar-refractivity contribution in [2.45, 2.75) is 50.6 Å². The number of aromatic hydroxyl groups is 1. The monoisotopic (exact) mass is 697 g/mol. The number of fused-ring (bicyclic) bond motifs is 6. The topological polar surface area (TPSA) is 177 Å². The van der Waals surface area contributed by atoms with Crippen molar-refractivity contribution in [2.24, 2.45) is 16.8 Å². The Morgan fingerprint density at radius 2 is 1.94 bits per heavy atom. The van der Waals surface area contributed by atoms with Crippen molar-refractivity contribution in [3.63, 3.8) is 0 Å². The average molecular weight is 698 g/mol. The normalized spacial score (nSPS) is 28.4. The summed E-state index contributed by atoms with van der Waals surface area (Å²) >= 11 is 0. The zero-order chi connectivity index (χ0) is 36.2. The highest BCUT2D eigenvalue weighted by atomic mass is 16.7. The summed E-state index contributed by atoms with van der Waals surface area (Å²) in [6.45, 7) is 4.10. The van der Waals surface area contributed by atoms with E-state index < -0.39 is 70.2 Å². The molecule has 7 rings (SSSR count). The minimum atomic E-state index is -2.63. The number of carbonyl (C=O) groups is 3. The molecule has 5 aliphatic rings. The van der Waals surface area contributed by atoms with E-state index in [1.165, 1.54) is 12.1 Å². The number of hydrogen-bond acceptors (Lipinski definition) is 12. The number of benzene rings is 1. The number of esters is 1. The van der Waals surface area contributed by atoms with Crippen LogP contribution in [0, 0.1) is 18.8 Å². The first kappa shape index (κ1) is 34.3. The number of H-pyrrole nitrogens is 1. The molecule has 2 aromatic rings. The number of aromatic amines is 1. The molecule has 6 atom stereocenters. The average Bonchev–Trinajstić information content (AvgIpc) is 3.09. The first-order chi connectivity index (χ1) is 24.5. The van der Waals surface area contributed by atoms with E-state index in [2.05, 4.69) is 4.98 Å². The molecule has 0 saturated carbocycles. The molecule has 13 nitrogen and oxygen atoms in total. The Kier molecular flexibility index (Phi) is 8.90. The van der Waals surface area contributed by atoms with Gasteiger partial charge in [0.25, 0.3) is 5.56 Å². The molecular formula is C38H39N3O10. The number of aryl methyl sites for hydroxylation is 1. The Bertz CT molecular complexity index is 2040. The first-order valence-corrected chi connectivity index (χ1v) is 16.9. The summed E-state index contributed by atoms with van der Waals surface area (Å²) in [4.78, 5) is 63.8. The van der Waals surface area contributed by atoms with Gasteiger partial charge in [-0.25, -0.2) is 4.79 Å². The maximum absolute atomic E-state index is 14.3. The van der Waals surface area contributed by atoms with Crippen molar-refractivity contribution in [2.75, 3.05) is 34.0 Å². The van der Waals surface area contributed by atoms with E-state index in [1.807, 2.05) is 44.1 Å². The predicted octanol–water partition coefficient (Wildman–Crippen LogP) is 3.37. The van der Waals surface area contributed by atoms with Gasteiger partial charge < -0.3 is 39.0 Å². The third-order valence-corrected chi connectivity index (χ3v) is 10.0. The number of rotatable bonds is 7. The molecule has 3 N–H and O–H groups in total. The third kappa shape index (κ3) is 5.56. The van der Waals surface area contributed by atoms with Crippen LogP contribution in [-0.4, -0.2) is 89.5 Å². The van der Waals surface area contributed by atoms with E-state index in [4.69, 9.17) is 23.9 Å². The Hall–Kier alpha value is -5.11. The second kappa shape index (κ2) is 13.2. The molecule has 3 heterocycles. The molecule has 0 amide bonds. The number of phenolic OH excluding ortho intramolecular Hbond substituents is 1. The fourth-order valence-corrected chi connectivity index (χ4v) is 7.74. The number of hydrogen-bond donors (Lipinski definition) is 3. The zero-order valence-electron chi connectivity index (χ0n) is 28.7. The van der Waals surface area contributed by atoms with Gasteiger partial charge in [-0.3, -0.25) is 19.4 Å². The van der Waals surface area contributed by atoms with Crippen molar-refractivity contribution >= 4 is 23.2 Å². The molecule has 0 spiro atoms. The number of nitrogens with one attached hydrogen (secondary N) is 1. The number of nitrogens with zero attached hydrogens (tertiary/aromatic N) is 2. The SMILES string of the molecule is C/C=C/C=C/C=C/C(=O)O[C@@H]1C=CC[C@H]2C(=NCCN(C)C)c3c(O)c4c5c(c3O[C@H]12)OCO[C@@H]5C[C@@H]1C(=O)c2cc(C)[nH]c(=O)c2C(=O)[C@]41O. The summed E-state index contributed by atoms with van der Waals surface area (Å²) in [5.74, 6) is -4.42. The molecule has 13 heteroatoms. The summed E-state index contributed by atoms with van der Waals surface area (Å²) in [5, 5.41) is 24.9. The summed E-state index contributed by atoms with van der Waals surface area (Å²) in [6, 6.07) is 1.43. The van der Waals surface area contributed by atoms with E-state index in [-0.39, 0.29) is 47.0 Å². The molecule has 2 aliphatic heterocycles. The van der Waals surface area contributed by atoms with Crippen LogP contribution in [-0.2, 0) is 19.9 Å². The van der Waals surface area contributed by atoms with Crippen LogP contribution in [0.2, 0.25) is 0 Å². The number of likely N-dealkylation sites (N-methyl/N-ethyl adjacent to an activating group) is 1.